The summed E-state index contributed by atoms with van der Waals surface area (Å²) in [6, 6.07) is 4.61. The number of hydrogen-bond donors (Lipinski definition) is 2. The number of aliphatic carboxylic acids is 1. The van der Waals surface area contributed by atoms with Crippen molar-refractivity contribution in [2.75, 3.05) is 11.9 Å². The summed E-state index contributed by atoms with van der Waals surface area (Å²) < 4.78 is 5.45. The molecule has 0 aliphatic heterocycles. The van der Waals surface area contributed by atoms with Crippen LogP contribution >= 0.6 is 0 Å². The van der Waals surface area contributed by atoms with Gasteiger partial charge in [-0.1, -0.05) is 0 Å². The van der Waals surface area contributed by atoms with Gasteiger partial charge in [0.15, 0.2) is 5.75 Å². The van der Waals surface area contributed by atoms with Crippen LogP contribution in [0.15, 0.2) is 18.2 Å². The molecule has 7 nitrogen and oxygen atoms in total. The van der Waals surface area contributed by atoms with Crippen LogP contribution in [0, 0.1) is 10.1 Å². The number of carboxylic acid groups (broad SMARTS) is 1. The fraction of sp³-hybridized carbons (Fsp3) is 0.500. The van der Waals surface area contributed by atoms with Crippen molar-refractivity contribution in [1.29, 1.82) is 0 Å². The summed E-state index contributed by atoms with van der Waals surface area (Å²) in [5.41, 5.74) is 0.645. The highest BCUT2D eigenvalue weighted by Gasteiger charge is 2.16. The highest BCUT2D eigenvalue weighted by molar-refractivity contribution is 5.66. The fourth-order valence-electron chi connectivity index (χ4n) is 1.76. The third-order valence-electron chi connectivity index (χ3n) is 2.67. The lowest BCUT2D eigenvalue weighted by Crippen LogP contribution is -2.08. The van der Waals surface area contributed by atoms with Crippen LogP contribution in [0.2, 0.25) is 0 Å². The first kappa shape index (κ1) is 16.7. The predicted octanol–water partition coefficient (Wildman–Crippen LogP) is 3.05. The zero-order valence-corrected chi connectivity index (χ0v) is 12.2. The number of benzene rings is 1. The van der Waals surface area contributed by atoms with Crippen LogP contribution < -0.4 is 10.1 Å². The van der Waals surface area contributed by atoms with Gasteiger partial charge in [0.1, 0.15) is 0 Å². The van der Waals surface area contributed by atoms with Crippen LogP contribution in [0.5, 0.6) is 5.75 Å². The summed E-state index contributed by atoms with van der Waals surface area (Å²) in [5.74, 6) is -0.580. The monoisotopic (exact) mass is 296 g/mol. The van der Waals surface area contributed by atoms with E-state index < -0.39 is 10.9 Å². The van der Waals surface area contributed by atoms with Crippen LogP contribution in [-0.2, 0) is 4.79 Å². The average molecular weight is 296 g/mol. The summed E-state index contributed by atoms with van der Waals surface area (Å²) in [6.45, 7) is 4.21. The van der Waals surface area contributed by atoms with Crippen molar-refractivity contribution in [2.45, 2.75) is 39.2 Å². The minimum atomic E-state index is -0.807. The molecule has 0 fully saturated rings. The Morgan fingerprint density at radius 2 is 2.14 bits per heavy atom. The number of carboxylic acids is 1. The highest BCUT2D eigenvalue weighted by atomic mass is 16.6. The van der Waals surface area contributed by atoms with Gasteiger partial charge in [-0.2, -0.15) is 0 Å². The minimum absolute atomic E-state index is 0.0693. The van der Waals surface area contributed by atoms with Gasteiger partial charge >= 0.3 is 11.7 Å². The molecule has 1 aromatic carbocycles. The topological polar surface area (TPSA) is 102 Å². The van der Waals surface area contributed by atoms with E-state index in [1.807, 2.05) is 0 Å². The van der Waals surface area contributed by atoms with Crippen molar-refractivity contribution in [3.05, 3.63) is 28.3 Å². The predicted molar refractivity (Wildman–Crippen MR) is 78.8 cm³/mol. The average Bonchev–Trinajstić information content (AvgIpc) is 2.37. The number of nitro benzene ring substituents is 1. The van der Waals surface area contributed by atoms with Gasteiger partial charge in [-0.05, 0) is 32.8 Å². The molecule has 0 radical (unpaired) electrons. The summed E-state index contributed by atoms with van der Waals surface area (Å²) in [5, 5.41) is 22.6. The molecule has 0 saturated carbocycles. The van der Waals surface area contributed by atoms with Gasteiger partial charge in [0.05, 0.1) is 11.0 Å². The fourth-order valence-corrected chi connectivity index (χ4v) is 1.76. The van der Waals surface area contributed by atoms with Crippen LogP contribution in [0.1, 0.15) is 33.1 Å². The van der Waals surface area contributed by atoms with Crippen molar-refractivity contribution in [3.8, 4) is 5.75 Å². The van der Waals surface area contributed by atoms with Crippen LogP contribution in [-0.4, -0.2) is 28.6 Å². The molecule has 0 unspecified atom stereocenters. The number of nitrogens with zero attached hydrogens (tertiary/aromatic N) is 1. The van der Waals surface area contributed by atoms with Crippen molar-refractivity contribution in [1.82, 2.24) is 0 Å². The number of ether oxygens (including phenoxy) is 1. The van der Waals surface area contributed by atoms with Crippen LogP contribution in [0.3, 0.4) is 0 Å². The molecule has 0 heterocycles. The first-order chi connectivity index (χ1) is 9.90. The Hall–Kier alpha value is -2.31. The lowest BCUT2D eigenvalue weighted by Gasteiger charge is -2.12. The van der Waals surface area contributed by atoms with Gasteiger partial charge in [0, 0.05) is 30.8 Å². The van der Waals surface area contributed by atoms with Crippen LogP contribution in [0.25, 0.3) is 0 Å². The van der Waals surface area contributed by atoms with Gasteiger partial charge in [-0.25, -0.2) is 0 Å². The normalized spacial score (nSPS) is 10.4. The number of carbonyl (C=O) groups is 1. The molecular formula is C14H20N2O5. The number of nitrogens with one attached hydrogen (secondary N) is 1. The SMILES string of the molecule is CC(C)Oc1cc(NCCCCC(=O)O)ccc1[N+](=O)[O-]. The van der Waals surface area contributed by atoms with Gasteiger partial charge in [0.25, 0.3) is 0 Å². The van der Waals surface area contributed by atoms with Gasteiger partial charge in [-0.3, -0.25) is 14.9 Å². The molecule has 0 atom stereocenters. The van der Waals surface area contributed by atoms with E-state index in [-0.39, 0.29) is 24.0 Å². The Morgan fingerprint density at radius 1 is 1.43 bits per heavy atom. The maximum Gasteiger partial charge on any atom is 0.311 e. The van der Waals surface area contributed by atoms with E-state index in [1.54, 1.807) is 26.0 Å². The zero-order chi connectivity index (χ0) is 15.8. The minimum Gasteiger partial charge on any atom is -0.484 e. The maximum atomic E-state index is 10.9. The lowest BCUT2D eigenvalue weighted by molar-refractivity contribution is -0.386. The van der Waals surface area contributed by atoms with E-state index in [4.69, 9.17) is 9.84 Å². The van der Waals surface area contributed by atoms with Crippen molar-refractivity contribution < 1.29 is 19.6 Å². The second kappa shape index (κ2) is 8.08. The third-order valence-corrected chi connectivity index (χ3v) is 2.67. The highest BCUT2D eigenvalue weighted by Crippen LogP contribution is 2.30. The van der Waals surface area contributed by atoms with Gasteiger partial charge in [0.2, 0.25) is 0 Å². The molecular weight excluding hydrogens is 276 g/mol. The molecule has 0 spiro atoms. The second-order valence-electron chi connectivity index (χ2n) is 4.88. The molecule has 7 heteroatoms. The number of hydrogen-bond acceptors (Lipinski definition) is 5. The van der Waals surface area contributed by atoms with E-state index >= 15 is 0 Å². The molecule has 0 aromatic heterocycles. The summed E-state index contributed by atoms with van der Waals surface area (Å²) >= 11 is 0. The summed E-state index contributed by atoms with van der Waals surface area (Å²) in [7, 11) is 0. The van der Waals surface area contributed by atoms with Crippen molar-refractivity contribution in [2.24, 2.45) is 0 Å². The molecule has 0 aliphatic rings. The molecule has 0 bridgehead atoms. The molecule has 2 N–H and O–H groups in total. The second-order valence-corrected chi connectivity index (χ2v) is 4.88. The Labute approximate surface area is 123 Å². The molecule has 0 saturated heterocycles. The Bertz CT molecular complexity index is 502. The van der Waals surface area contributed by atoms with E-state index in [0.29, 0.717) is 25.1 Å². The lowest BCUT2D eigenvalue weighted by atomic mass is 10.2. The molecule has 1 rings (SSSR count). The Morgan fingerprint density at radius 3 is 2.71 bits per heavy atom. The third kappa shape index (κ3) is 6.11. The number of nitro groups is 1. The molecule has 0 aliphatic carbocycles. The van der Waals surface area contributed by atoms with Crippen molar-refractivity contribution in [3.63, 3.8) is 0 Å². The van der Waals surface area contributed by atoms with Gasteiger partial charge < -0.3 is 15.2 Å². The molecule has 1 aromatic rings. The van der Waals surface area contributed by atoms with E-state index in [9.17, 15) is 14.9 Å². The quantitative estimate of drug-likeness (QED) is 0.412. The Balaban J connectivity index is 2.63. The summed E-state index contributed by atoms with van der Waals surface area (Å²) in [4.78, 5) is 20.8. The largest absolute Gasteiger partial charge is 0.484 e. The summed E-state index contributed by atoms with van der Waals surface area (Å²) in [6.07, 6.45) is 1.28. The van der Waals surface area contributed by atoms with E-state index in [1.165, 1.54) is 6.07 Å². The van der Waals surface area contributed by atoms with Crippen molar-refractivity contribution >= 4 is 17.3 Å². The maximum absolute atomic E-state index is 10.9. The molecule has 21 heavy (non-hydrogen) atoms. The first-order valence-electron chi connectivity index (χ1n) is 6.81. The van der Waals surface area contributed by atoms with Gasteiger partial charge in [-0.15, -0.1) is 0 Å². The zero-order valence-electron chi connectivity index (χ0n) is 12.2. The number of unbranched alkanes of at least 4 members (excludes halogenated alkanes) is 1. The number of anilines is 1. The van der Waals surface area contributed by atoms with E-state index in [2.05, 4.69) is 5.32 Å². The molecule has 116 valence electrons. The Kier molecular flexibility index (Phi) is 6.45. The number of rotatable bonds is 9. The molecule has 0 amide bonds. The van der Waals surface area contributed by atoms with Crippen LogP contribution in [0.4, 0.5) is 11.4 Å². The smallest absolute Gasteiger partial charge is 0.311 e. The first-order valence-corrected chi connectivity index (χ1v) is 6.81. The standard InChI is InChI=1S/C14H20N2O5/c1-10(2)21-13-9-11(6-7-12(13)16(19)20)15-8-4-3-5-14(17)18/h6-7,9-10,15H,3-5,8H2,1-2H3,(H,17,18). The van der Waals surface area contributed by atoms with E-state index in [0.717, 1.165) is 0 Å².